The first-order valence-corrected chi connectivity index (χ1v) is 8.02. The molecule has 0 aromatic heterocycles. The van der Waals surface area contributed by atoms with E-state index in [1.165, 1.54) is 14.0 Å². The molecule has 0 saturated carbocycles. The number of methoxy groups -OCH3 is 1. The average molecular weight is 334 g/mol. The standard InChI is InChI=1S/C18H26N2O4/c1-12(2)10-16(18(23)24-4)20-17(22)11-15(19-13(3)21)14-8-6-5-7-9-14/h5-9,12,15-16H,10-11H2,1-4H3,(H,19,21)(H,20,22)/t15-,16+/m1/s1. The van der Waals surface area contributed by atoms with Crippen LogP contribution in [0.15, 0.2) is 30.3 Å². The summed E-state index contributed by atoms with van der Waals surface area (Å²) in [6.07, 6.45) is 0.545. The summed E-state index contributed by atoms with van der Waals surface area (Å²) in [5, 5.41) is 5.48. The van der Waals surface area contributed by atoms with E-state index >= 15 is 0 Å². The summed E-state index contributed by atoms with van der Waals surface area (Å²) in [6.45, 7) is 5.34. The minimum atomic E-state index is -0.684. The van der Waals surface area contributed by atoms with Crippen molar-refractivity contribution in [1.29, 1.82) is 0 Å². The summed E-state index contributed by atoms with van der Waals surface area (Å²) in [5.74, 6) is -0.764. The number of carbonyl (C=O) groups is 3. The molecule has 2 amide bonds. The van der Waals surface area contributed by atoms with E-state index in [4.69, 9.17) is 4.74 Å². The number of carbonyl (C=O) groups excluding carboxylic acids is 3. The largest absolute Gasteiger partial charge is 0.467 e. The molecule has 0 saturated heterocycles. The average Bonchev–Trinajstić information content (AvgIpc) is 2.52. The molecule has 2 atom stereocenters. The Kier molecular flexibility index (Phi) is 7.95. The molecular formula is C18H26N2O4. The van der Waals surface area contributed by atoms with Crippen LogP contribution in [0, 0.1) is 5.92 Å². The Labute approximate surface area is 143 Å². The number of hydrogen-bond donors (Lipinski definition) is 2. The second kappa shape index (κ2) is 9.70. The molecule has 24 heavy (non-hydrogen) atoms. The first-order chi connectivity index (χ1) is 11.3. The quantitative estimate of drug-likeness (QED) is 0.712. The third-order valence-electron chi connectivity index (χ3n) is 3.50. The summed E-state index contributed by atoms with van der Waals surface area (Å²) in [6, 6.07) is 8.12. The maximum Gasteiger partial charge on any atom is 0.328 e. The Morgan fingerprint density at radius 1 is 1.08 bits per heavy atom. The van der Waals surface area contributed by atoms with Crippen molar-refractivity contribution in [2.24, 2.45) is 5.92 Å². The lowest BCUT2D eigenvalue weighted by Crippen LogP contribution is -2.43. The SMILES string of the molecule is COC(=O)[C@H](CC(C)C)NC(=O)C[C@@H](NC(C)=O)c1ccccc1. The maximum absolute atomic E-state index is 12.4. The van der Waals surface area contributed by atoms with Gasteiger partial charge >= 0.3 is 5.97 Å². The van der Waals surface area contributed by atoms with Crippen LogP contribution in [0.2, 0.25) is 0 Å². The van der Waals surface area contributed by atoms with Gasteiger partial charge < -0.3 is 15.4 Å². The highest BCUT2D eigenvalue weighted by Crippen LogP contribution is 2.17. The van der Waals surface area contributed by atoms with E-state index in [1.54, 1.807) is 0 Å². The van der Waals surface area contributed by atoms with Gasteiger partial charge in [-0.15, -0.1) is 0 Å². The Bertz CT molecular complexity index is 557. The van der Waals surface area contributed by atoms with Gasteiger partial charge in [0.25, 0.3) is 0 Å². The van der Waals surface area contributed by atoms with E-state index in [2.05, 4.69) is 10.6 Å². The van der Waals surface area contributed by atoms with Gasteiger partial charge in [-0.1, -0.05) is 44.2 Å². The van der Waals surface area contributed by atoms with Crippen molar-refractivity contribution < 1.29 is 19.1 Å². The molecule has 1 aromatic carbocycles. The van der Waals surface area contributed by atoms with Crippen LogP contribution >= 0.6 is 0 Å². The van der Waals surface area contributed by atoms with Gasteiger partial charge in [-0.25, -0.2) is 4.79 Å². The lowest BCUT2D eigenvalue weighted by molar-refractivity contribution is -0.145. The third kappa shape index (κ3) is 6.81. The first kappa shape index (κ1) is 19.7. The van der Waals surface area contributed by atoms with Crippen molar-refractivity contribution in [3.05, 3.63) is 35.9 Å². The Balaban J connectivity index is 2.79. The summed E-state index contributed by atoms with van der Waals surface area (Å²) in [4.78, 5) is 35.6. The number of hydrogen-bond acceptors (Lipinski definition) is 4. The number of esters is 1. The van der Waals surface area contributed by atoms with Crippen molar-refractivity contribution in [3.63, 3.8) is 0 Å². The molecule has 0 unspecified atom stereocenters. The fourth-order valence-electron chi connectivity index (χ4n) is 2.45. The van der Waals surface area contributed by atoms with Gasteiger partial charge in [0.2, 0.25) is 11.8 Å². The molecule has 132 valence electrons. The van der Waals surface area contributed by atoms with Crippen LogP contribution in [0.1, 0.15) is 45.2 Å². The summed E-state index contributed by atoms with van der Waals surface area (Å²) in [7, 11) is 1.30. The fraction of sp³-hybridized carbons (Fsp3) is 0.500. The van der Waals surface area contributed by atoms with E-state index in [0.29, 0.717) is 6.42 Å². The fourth-order valence-corrected chi connectivity index (χ4v) is 2.45. The van der Waals surface area contributed by atoms with Gasteiger partial charge in [-0.2, -0.15) is 0 Å². The first-order valence-electron chi connectivity index (χ1n) is 8.02. The van der Waals surface area contributed by atoms with Crippen molar-refractivity contribution in [1.82, 2.24) is 10.6 Å². The molecule has 0 spiro atoms. The minimum absolute atomic E-state index is 0.0508. The number of amides is 2. The normalized spacial score (nSPS) is 13.0. The molecule has 1 aromatic rings. The van der Waals surface area contributed by atoms with Crippen LogP contribution in [0.4, 0.5) is 0 Å². The van der Waals surface area contributed by atoms with E-state index in [9.17, 15) is 14.4 Å². The molecule has 0 bridgehead atoms. The van der Waals surface area contributed by atoms with E-state index < -0.39 is 18.1 Å². The van der Waals surface area contributed by atoms with Gasteiger partial charge in [0, 0.05) is 6.92 Å². The molecule has 0 fully saturated rings. The second-order valence-corrected chi connectivity index (χ2v) is 6.14. The molecular weight excluding hydrogens is 308 g/mol. The zero-order valence-electron chi connectivity index (χ0n) is 14.7. The van der Waals surface area contributed by atoms with Gasteiger partial charge in [-0.3, -0.25) is 9.59 Å². The summed E-state index contributed by atoms with van der Waals surface area (Å²) in [5.41, 5.74) is 0.835. The minimum Gasteiger partial charge on any atom is -0.467 e. The second-order valence-electron chi connectivity index (χ2n) is 6.14. The maximum atomic E-state index is 12.4. The highest BCUT2D eigenvalue weighted by Gasteiger charge is 2.24. The predicted octanol–water partition coefficient (Wildman–Crippen LogP) is 1.96. The van der Waals surface area contributed by atoms with Crippen molar-refractivity contribution >= 4 is 17.8 Å². The Morgan fingerprint density at radius 3 is 2.21 bits per heavy atom. The summed E-state index contributed by atoms with van der Waals surface area (Å²) >= 11 is 0. The smallest absolute Gasteiger partial charge is 0.328 e. The number of benzene rings is 1. The van der Waals surface area contributed by atoms with E-state index in [1.807, 2.05) is 44.2 Å². The highest BCUT2D eigenvalue weighted by molar-refractivity contribution is 5.85. The highest BCUT2D eigenvalue weighted by atomic mass is 16.5. The lowest BCUT2D eigenvalue weighted by atomic mass is 10.0. The van der Waals surface area contributed by atoms with Gasteiger partial charge in [-0.05, 0) is 17.9 Å². The number of rotatable bonds is 8. The lowest BCUT2D eigenvalue weighted by Gasteiger charge is -2.21. The molecule has 0 heterocycles. The van der Waals surface area contributed by atoms with Crippen LogP contribution in [-0.2, 0) is 19.1 Å². The van der Waals surface area contributed by atoms with Crippen LogP contribution in [0.3, 0.4) is 0 Å². The molecule has 0 aliphatic carbocycles. The van der Waals surface area contributed by atoms with Gasteiger partial charge in [0.15, 0.2) is 0 Å². The molecule has 6 nitrogen and oxygen atoms in total. The molecule has 0 radical (unpaired) electrons. The number of nitrogens with one attached hydrogen (secondary N) is 2. The van der Waals surface area contributed by atoms with Crippen molar-refractivity contribution in [2.45, 2.75) is 45.7 Å². The number of ether oxygens (including phenoxy) is 1. The van der Waals surface area contributed by atoms with E-state index in [0.717, 1.165) is 5.56 Å². The van der Waals surface area contributed by atoms with Crippen LogP contribution < -0.4 is 10.6 Å². The third-order valence-corrected chi connectivity index (χ3v) is 3.50. The molecule has 6 heteroatoms. The molecule has 0 aliphatic heterocycles. The summed E-state index contributed by atoms with van der Waals surface area (Å²) < 4.78 is 4.74. The molecule has 0 aliphatic rings. The topological polar surface area (TPSA) is 84.5 Å². The molecule has 2 N–H and O–H groups in total. The van der Waals surface area contributed by atoms with Crippen molar-refractivity contribution in [2.75, 3.05) is 7.11 Å². The van der Waals surface area contributed by atoms with Crippen LogP contribution in [-0.4, -0.2) is 30.9 Å². The zero-order chi connectivity index (χ0) is 18.1. The predicted molar refractivity (Wildman–Crippen MR) is 91.0 cm³/mol. The monoisotopic (exact) mass is 334 g/mol. The van der Waals surface area contributed by atoms with Crippen LogP contribution in [0.25, 0.3) is 0 Å². The van der Waals surface area contributed by atoms with Crippen LogP contribution in [0.5, 0.6) is 0 Å². The van der Waals surface area contributed by atoms with Gasteiger partial charge in [0.1, 0.15) is 6.04 Å². The Morgan fingerprint density at radius 2 is 1.71 bits per heavy atom. The zero-order valence-corrected chi connectivity index (χ0v) is 14.7. The Hall–Kier alpha value is -2.37. The molecule has 1 rings (SSSR count). The van der Waals surface area contributed by atoms with Gasteiger partial charge in [0.05, 0.1) is 19.6 Å². The van der Waals surface area contributed by atoms with Crippen molar-refractivity contribution in [3.8, 4) is 0 Å². The van der Waals surface area contributed by atoms with E-state index in [-0.39, 0.29) is 24.2 Å².